The Labute approximate surface area is 165 Å². The molecular weight excluding hydrogens is 419 g/mol. The van der Waals surface area contributed by atoms with Gasteiger partial charge in [0.25, 0.3) is 0 Å². The van der Waals surface area contributed by atoms with Gasteiger partial charge in [-0.3, -0.25) is 0 Å². The number of benzene rings is 2. The summed E-state index contributed by atoms with van der Waals surface area (Å²) in [5, 5.41) is 39.6. The van der Waals surface area contributed by atoms with Crippen LogP contribution in [-0.4, -0.2) is 51.4 Å². The molecule has 0 aromatic heterocycles. The Kier molecular flexibility index (Phi) is 6.30. The number of aryl methyl sites for hydroxylation is 1. The van der Waals surface area contributed by atoms with Crippen LogP contribution in [0.5, 0.6) is 0 Å². The molecule has 5 nitrogen and oxygen atoms in total. The highest BCUT2D eigenvalue weighted by Gasteiger charge is 2.43. The SMILES string of the molecule is Cc1ccc([C@@H]2O[C@H](CO)[C@@H](O)[C@H](O)[C@H]2O)cc1Cc1ccc(Br)c(F)c1. The second-order valence-corrected chi connectivity index (χ2v) is 7.71. The van der Waals surface area contributed by atoms with Crippen LogP contribution in [0.3, 0.4) is 0 Å². The second-order valence-electron chi connectivity index (χ2n) is 6.86. The molecule has 7 heteroatoms. The minimum absolute atomic E-state index is 0.338. The zero-order chi connectivity index (χ0) is 19.7. The number of halogens is 2. The highest BCUT2D eigenvalue weighted by atomic mass is 79.9. The minimum atomic E-state index is -1.42. The van der Waals surface area contributed by atoms with Gasteiger partial charge in [0.15, 0.2) is 0 Å². The van der Waals surface area contributed by atoms with E-state index in [0.29, 0.717) is 16.5 Å². The van der Waals surface area contributed by atoms with Gasteiger partial charge in [0.05, 0.1) is 11.1 Å². The summed E-state index contributed by atoms with van der Waals surface area (Å²) < 4.78 is 19.8. The van der Waals surface area contributed by atoms with Gasteiger partial charge in [-0.15, -0.1) is 0 Å². The number of aliphatic hydroxyl groups excluding tert-OH is 4. The van der Waals surface area contributed by atoms with Gasteiger partial charge < -0.3 is 25.2 Å². The first-order valence-electron chi connectivity index (χ1n) is 8.65. The Hall–Kier alpha value is -1.35. The Bertz CT molecular complexity index is 813. The minimum Gasteiger partial charge on any atom is -0.394 e. The van der Waals surface area contributed by atoms with E-state index in [-0.39, 0.29) is 5.82 Å². The molecular formula is C20H22BrFO5. The van der Waals surface area contributed by atoms with Crippen molar-refractivity contribution in [3.63, 3.8) is 0 Å². The highest BCUT2D eigenvalue weighted by molar-refractivity contribution is 9.10. The van der Waals surface area contributed by atoms with Gasteiger partial charge in [0.2, 0.25) is 0 Å². The van der Waals surface area contributed by atoms with Crippen molar-refractivity contribution < 1.29 is 29.6 Å². The molecule has 1 aliphatic rings. The van der Waals surface area contributed by atoms with Crippen LogP contribution in [0.2, 0.25) is 0 Å². The maximum atomic E-state index is 13.8. The van der Waals surface area contributed by atoms with Crippen LogP contribution >= 0.6 is 15.9 Å². The molecule has 0 aliphatic carbocycles. The van der Waals surface area contributed by atoms with E-state index in [2.05, 4.69) is 15.9 Å². The second kappa shape index (κ2) is 8.34. The molecule has 2 aromatic carbocycles. The van der Waals surface area contributed by atoms with E-state index in [0.717, 1.165) is 16.7 Å². The fraction of sp³-hybridized carbons (Fsp3) is 0.400. The average Bonchev–Trinajstić information content (AvgIpc) is 2.65. The average molecular weight is 441 g/mol. The molecule has 5 atom stereocenters. The Balaban J connectivity index is 1.89. The zero-order valence-electron chi connectivity index (χ0n) is 14.7. The maximum absolute atomic E-state index is 13.8. The summed E-state index contributed by atoms with van der Waals surface area (Å²) in [6, 6.07) is 10.4. The van der Waals surface area contributed by atoms with Gasteiger partial charge in [-0.25, -0.2) is 4.39 Å². The van der Waals surface area contributed by atoms with Crippen molar-refractivity contribution in [2.75, 3.05) is 6.61 Å². The fourth-order valence-corrected chi connectivity index (χ4v) is 3.55. The Morgan fingerprint density at radius 3 is 2.44 bits per heavy atom. The van der Waals surface area contributed by atoms with Crippen LogP contribution in [0.25, 0.3) is 0 Å². The van der Waals surface area contributed by atoms with Gasteiger partial charge in [0, 0.05) is 0 Å². The van der Waals surface area contributed by atoms with E-state index in [4.69, 9.17) is 4.74 Å². The van der Waals surface area contributed by atoms with Crippen LogP contribution in [0.4, 0.5) is 4.39 Å². The number of aliphatic hydroxyl groups is 4. The summed E-state index contributed by atoms with van der Waals surface area (Å²) in [5.74, 6) is -0.338. The summed E-state index contributed by atoms with van der Waals surface area (Å²) in [5.41, 5.74) is 3.33. The van der Waals surface area contributed by atoms with Crippen LogP contribution in [0, 0.1) is 12.7 Å². The van der Waals surface area contributed by atoms with Crippen molar-refractivity contribution in [1.82, 2.24) is 0 Å². The largest absolute Gasteiger partial charge is 0.394 e. The predicted molar refractivity (Wildman–Crippen MR) is 101 cm³/mol. The molecule has 1 heterocycles. The van der Waals surface area contributed by atoms with E-state index in [9.17, 15) is 24.8 Å². The smallest absolute Gasteiger partial charge is 0.137 e. The summed E-state index contributed by atoms with van der Waals surface area (Å²) in [7, 11) is 0. The molecule has 1 saturated heterocycles. The molecule has 0 spiro atoms. The van der Waals surface area contributed by atoms with Crippen LogP contribution in [0.15, 0.2) is 40.9 Å². The lowest BCUT2D eigenvalue weighted by molar-refractivity contribution is -0.231. The topological polar surface area (TPSA) is 90.2 Å². The molecule has 1 aliphatic heterocycles. The molecule has 2 aromatic rings. The number of rotatable bonds is 4. The summed E-state index contributed by atoms with van der Waals surface area (Å²) in [6.45, 7) is 1.46. The zero-order valence-corrected chi connectivity index (χ0v) is 16.3. The summed E-state index contributed by atoms with van der Waals surface area (Å²) >= 11 is 3.14. The van der Waals surface area contributed by atoms with Crippen LogP contribution in [-0.2, 0) is 11.2 Å². The highest BCUT2D eigenvalue weighted by Crippen LogP contribution is 2.33. The van der Waals surface area contributed by atoms with E-state index < -0.39 is 37.1 Å². The molecule has 4 N–H and O–H groups in total. The van der Waals surface area contributed by atoms with Gasteiger partial charge in [-0.1, -0.05) is 24.3 Å². The third-order valence-corrected chi connectivity index (χ3v) is 5.62. The number of ether oxygens (including phenoxy) is 1. The van der Waals surface area contributed by atoms with E-state index in [1.165, 1.54) is 6.07 Å². The first-order valence-corrected chi connectivity index (χ1v) is 9.45. The molecule has 0 bridgehead atoms. The lowest BCUT2D eigenvalue weighted by Gasteiger charge is -2.40. The first kappa shape index (κ1) is 20.4. The standard InChI is InChI=1S/C20H22BrFO5/c1-10-2-4-12(20-19(26)18(25)17(24)16(9-23)27-20)8-13(10)6-11-3-5-14(21)15(22)7-11/h2-5,7-8,16-20,23-26H,6,9H2,1H3/t16-,17-,18+,19-,20+/m1/s1. The molecule has 0 saturated carbocycles. The first-order chi connectivity index (χ1) is 12.8. The third kappa shape index (κ3) is 4.23. The summed E-state index contributed by atoms with van der Waals surface area (Å²) in [4.78, 5) is 0. The molecule has 3 rings (SSSR count). The lowest BCUT2D eigenvalue weighted by Crippen LogP contribution is -2.55. The molecule has 1 fully saturated rings. The van der Waals surface area contributed by atoms with E-state index in [1.807, 2.05) is 25.1 Å². The molecule has 146 valence electrons. The maximum Gasteiger partial charge on any atom is 0.137 e. The van der Waals surface area contributed by atoms with Crippen molar-refractivity contribution in [2.45, 2.75) is 43.9 Å². The van der Waals surface area contributed by atoms with E-state index >= 15 is 0 Å². The monoisotopic (exact) mass is 440 g/mol. The normalized spacial score (nSPS) is 28.3. The third-order valence-electron chi connectivity index (χ3n) is 4.97. The van der Waals surface area contributed by atoms with Crippen LogP contribution in [0.1, 0.15) is 28.4 Å². The lowest BCUT2D eigenvalue weighted by atomic mass is 9.89. The Morgan fingerprint density at radius 2 is 1.78 bits per heavy atom. The Morgan fingerprint density at radius 1 is 1.04 bits per heavy atom. The number of hydrogen-bond acceptors (Lipinski definition) is 5. The fourth-order valence-electron chi connectivity index (χ4n) is 3.31. The van der Waals surface area contributed by atoms with Gasteiger partial charge in [0.1, 0.15) is 36.3 Å². The molecule has 27 heavy (non-hydrogen) atoms. The van der Waals surface area contributed by atoms with Crippen molar-refractivity contribution in [2.24, 2.45) is 0 Å². The van der Waals surface area contributed by atoms with Gasteiger partial charge in [-0.2, -0.15) is 0 Å². The van der Waals surface area contributed by atoms with Crippen molar-refractivity contribution in [3.8, 4) is 0 Å². The quantitative estimate of drug-likeness (QED) is 0.583. The van der Waals surface area contributed by atoms with Crippen molar-refractivity contribution in [3.05, 3.63) is 68.9 Å². The van der Waals surface area contributed by atoms with Crippen molar-refractivity contribution in [1.29, 1.82) is 0 Å². The van der Waals surface area contributed by atoms with Crippen molar-refractivity contribution >= 4 is 15.9 Å². The van der Waals surface area contributed by atoms with Gasteiger partial charge in [-0.05, 0) is 63.7 Å². The predicted octanol–water partition coefficient (Wildman–Crippen LogP) is 2.00. The number of hydrogen-bond donors (Lipinski definition) is 4. The molecule has 0 unspecified atom stereocenters. The van der Waals surface area contributed by atoms with Crippen LogP contribution < -0.4 is 0 Å². The summed E-state index contributed by atoms with van der Waals surface area (Å²) in [6.07, 6.45) is -5.51. The molecule has 0 amide bonds. The van der Waals surface area contributed by atoms with Gasteiger partial charge >= 0.3 is 0 Å². The van der Waals surface area contributed by atoms with E-state index in [1.54, 1.807) is 12.1 Å². The molecule has 0 radical (unpaired) electrons.